The third-order valence-corrected chi connectivity index (χ3v) is 5.73. The molecule has 10 heteroatoms. The minimum Gasteiger partial charge on any atom is -0.338 e. The maximum absolute atomic E-state index is 12.2. The first kappa shape index (κ1) is 21.1. The average molecular weight is 437 g/mol. The number of nitrogens with one attached hydrogen (secondary N) is 2. The first-order valence-electron chi connectivity index (χ1n) is 8.94. The van der Waals surface area contributed by atoms with Crippen molar-refractivity contribution in [2.45, 2.75) is 23.8 Å². The predicted octanol–water partition coefficient (Wildman–Crippen LogP) is 1.63. The van der Waals surface area contributed by atoms with Crippen LogP contribution in [0.1, 0.15) is 12.0 Å². The lowest BCUT2D eigenvalue weighted by Gasteiger charge is -2.17. The van der Waals surface area contributed by atoms with Gasteiger partial charge >= 0.3 is 6.03 Å². The lowest BCUT2D eigenvalue weighted by molar-refractivity contribution is -0.117. The molecule has 29 heavy (non-hydrogen) atoms. The number of carbonyl (C=O) groups excluding carboxylic acids is 2. The Kier molecular flexibility index (Phi) is 6.41. The van der Waals surface area contributed by atoms with E-state index in [0.717, 1.165) is 11.3 Å². The standard InChI is InChI=1S/C19H21ClN4O4S/c20-14-3-5-16(6-4-14)24-12-15(11-18(24)25)23-19(26)22-10-9-13-1-7-17(8-2-13)29(21,27)28/h1-8,15H,9-12H2,(H2,21,27,28)(H2,22,23,26)/t15-/m0/s1. The van der Waals surface area contributed by atoms with E-state index in [0.29, 0.717) is 24.5 Å². The topological polar surface area (TPSA) is 122 Å². The van der Waals surface area contributed by atoms with Gasteiger partial charge in [-0.1, -0.05) is 23.7 Å². The Hall–Kier alpha value is -2.62. The van der Waals surface area contributed by atoms with E-state index in [1.165, 1.54) is 12.1 Å². The number of urea groups is 1. The smallest absolute Gasteiger partial charge is 0.315 e. The fourth-order valence-electron chi connectivity index (χ4n) is 3.08. The summed E-state index contributed by atoms with van der Waals surface area (Å²) in [6.07, 6.45) is 0.754. The number of hydrogen-bond donors (Lipinski definition) is 3. The Bertz CT molecular complexity index is 994. The molecule has 3 amide bonds. The summed E-state index contributed by atoms with van der Waals surface area (Å²) in [7, 11) is -3.72. The van der Waals surface area contributed by atoms with Crippen molar-refractivity contribution in [3.8, 4) is 0 Å². The van der Waals surface area contributed by atoms with Gasteiger partial charge in [-0.3, -0.25) is 4.79 Å². The molecule has 0 aromatic heterocycles. The zero-order valence-electron chi connectivity index (χ0n) is 15.5. The summed E-state index contributed by atoms with van der Waals surface area (Å²) in [5.41, 5.74) is 1.61. The molecule has 0 radical (unpaired) electrons. The van der Waals surface area contributed by atoms with E-state index in [4.69, 9.17) is 16.7 Å². The van der Waals surface area contributed by atoms with Crippen LogP contribution < -0.4 is 20.7 Å². The molecular formula is C19H21ClN4O4S. The van der Waals surface area contributed by atoms with Crippen LogP contribution in [0.5, 0.6) is 0 Å². The van der Waals surface area contributed by atoms with E-state index in [-0.39, 0.29) is 29.3 Å². The van der Waals surface area contributed by atoms with Crippen molar-refractivity contribution >= 4 is 39.2 Å². The second-order valence-electron chi connectivity index (χ2n) is 6.72. The summed E-state index contributed by atoms with van der Waals surface area (Å²) in [6, 6.07) is 12.5. The SMILES string of the molecule is NS(=O)(=O)c1ccc(CCNC(=O)N[C@H]2CC(=O)N(c3ccc(Cl)cc3)C2)cc1. The van der Waals surface area contributed by atoms with Gasteiger partial charge in [0.05, 0.1) is 10.9 Å². The van der Waals surface area contributed by atoms with E-state index < -0.39 is 10.0 Å². The van der Waals surface area contributed by atoms with Crippen molar-refractivity contribution in [1.29, 1.82) is 0 Å². The highest BCUT2D eigenvalue weighted by atomic mass is 35.5. The van der Waals surface area contributed by atoms with E-state index in [1.807, 2.05) is 0 Å². The van der Waals surface area contributed by atoms with Crippen molar-refractivity contribution in [3.63, 3.8) is 0 Å². The maximum atomic E-state index is 12.2. The van der Waals surface area contributed by atoms with E-state index >= 15 is 0 Å². The van der Waals surface area contributed by atoms with Crippen molar-refractivity contribution in [2.24, 2.45) is 5.14 Å². The highest BCUT2D eigenvalue weighted by Gasteiger charge is 2.31. The Morgan fingerprint density at radius 2 is 1.79 bits per heavy atom. The van der Waals surface area contributed by atoms with Gasteiger partial charge in [-0.2, -0.15) is 0 Å². The monoisotopic (exact) mass is 436 g/mol. The number of benzene rings is 2. The Morgan fingerprint density at radius 1 is 1.14 bits per heavy atom. The minimum absolute atomic E-state index is 0.0445. The number of sulfonamides is 1. The van der Waals surface area contributed by atoms with E-state index in [1.54, 1.807) is 41.3 Å². The van der Waals surface area contributed by atoms with Crippen molar-refractivity contribution < 1.29 is 18.0 Å². The molecular weight excluding hydrogens is 416 g/mol. The summed E-state index contributed by atoms with van der Waals surface area (Å²) >= 11 is 5.87. The quantitative estimate of drug-likeness (QED) is 0.637. The van der Waals surface area contributed by atoms with Gasteiger partial charge in [0.1, 0.15) is 0 Å². The number of primary sulfonamides is 1. The molecule has 1 aliphatic rings. The number of nitrogens with zero attached hydrogens (tertiary/aromatic N) is 1. The summed E-state index contributed by atoms with van der Waals surface area (Å²) in [5, 5.41) is 11.2. The third-order valence-electron chi connectivity index (χ3n) is 4.55. The number of hydrogen-bond acceptors (Lipinski definition) is 4. The molecule has 1 saturated heterocycles. The van der Waals surface area contributed by atoms with E-state index in [9.17, 15) is 18.0 Å². The highest BCUT2D eigenvalue weighted by molar-refractivity contribution is 7.89. The molecule has 0 aliphatic carbocycles. The van der Waals surface area contributed by atoms with Gasteiger partial charge < -0.3 is 15.5 Å². The second kappa shape index (κ2) is 8.81. The Labute approximate surface area is 174 Å². The van der Waals surface area contributed by atoms with Gasteiger partial charge in [0, 0.05) is 30.2 Å². The maximum Gasteiger partial charge on any atom is 0.315 e. The number of rotatable bonds is 6. The number of anilines is 1. The van der Waals surface area contributed by atoms with Crippen molar-refractivity contribution in [1.82, 2.24) is 10.6 Å². The Balaban J connectivity index is 1.45. The molecule has 1 fully saturated rings. The van der Waals surface area contributed by atoms with Crippen molar-refractivity contribution in [2.75, 3.05) is 18.0 Å². The third kappa shape index (κ3) is 5.69. The second-order valence-corrected chi connectivity index (χ2v) is 8.72. The van der Waals surface area contributed by atoms with Crippen molar-refractivity contribution in [3.05, 3.63) is 59.1 Å². The summed E-state index contributed by atoms with van der Waals surface area (Å²) in [6.45, 7) is 0.755. The van der Waals surface area contributed by atoms with Crippen LogP contribution in [0, 0.1) is 0 Å². The first-order valence-corrected chi connectivity index (χ1v) is 10.9. The van der Waals surface area contributed by atoms with Crippen LogP contribution in [0.25, 0.3) is 0 Å². The van der Waals surface area contributed by atoms with Crippen LogP contribution in [0.3, 0.4) is 0 Å². The van der Waals surface area contributed by atoms with Gasteiger partial charge in [-0.15, -0.1) is 0 Å². The van der Waals surface area contributed by atoms with Crippen LogP contribution in [-0.2, 0) is 21.2 Å². The zero-order valence-corrected chi connectivity index (χ0v) is 17.0. The molecule has 0 unspecified atom stereocenters. The molecule has 3 rings (SSSR count). The van der Waals surface area contributed by atoms with Gasteiger partial charge in [0.15, 0.2) is 0 Å². The predicted molar refractivity (Wildman–Crippen MR) is 110 cm³/mol. The van der Waals surface area contributed by atoms with Crippen LogP contribution in [-0.4, -0.2) is 39.5 Å². The molecule has 1 aliphatic heterocycles. The molecule has 2 aromatic rings. The van der Waals surface area contributed by atoms with Crippen LogP contribution in [0.2, 0.25) is 5.02 Å². The zero-order chi connectivity index (χ0) is 21.0. The summed E-state index contributed by atoms with van der Waals surface area (Å²) in [4.78, 5) is 26.0. The molecule has 0 saturated carbocycles. The molecule has 154 valence electrons. The van der Waals surface area contributed by atoms with Crippen LogP contribution >= 0.6 is 11.6 Å². The molecule has 2 aromatic carbocycles. The van der Waals surface area contributed by atoms with E-state index in [2.05, 4.69) is 10.6 Å². The molecule has 8 nitrogen and oxygen atoms in total. The molecule has 4 N–H and O–H groups in total. The fourth-order valence-corrected chi connectivity index (χ4v) is 3.72. The van der Waals surface area contributed by atoms with Gasteiger partial charge in [-0.05, 0) is 48.4 Å². The molecule has 1 heterocycles. The number of halogens is 1. The number of nitrogens with two attached hydrogens (primary N) is 1. The van der Waals surface area contributed by atoms with Gasteiger partial charge in [-0.25, -0.2) is 18.4 Å². The number of carbonyl (C=O) groups is 2. The minimum atomic E-state index is -3.72. The fraction of sp³-hybridized carbons (Fsp3) is 0.263. The largest absolute Gasteiger partial charge is 0.338 e. The number of amides is 3. The Morgan fingerprint density at radius 3 is 2.41 bits per heavy atom. The summed E-state index contributed by atoms with van der Waals surface area (Å²) < 4.78 is 22.5. The highest BCUT2D eigenvalue weighted by Crippen LogP contribution is 2.23. The molecule has 0 spiro atoms. The molecule has 1 atom stereocenters. The lowest BCUT2D eigenvalue weighted by atomic mass is 10.1. The van der Waals surface area contributed by atoms with Gasteiger partial charge in [0.25, 0.3) is 0 Å². The lowest BCUT2D eigenvalue weighted by Crippen LogP contribution is -2.43. The molecule has 0 bridgehead atoms. The summed E-state index contributed by atoms with van der Waals surface area (Å²) in [5.74, 6) is -0.0624. The van der Waals surface area contributed by atoms with Gasteiger partial charge in [0.2, 0.25) is 15.9 Å². The first-order chi connectivity index (χ1) is 13.7. The van der Waals surface area contributed by atoms with Crippen LogP contribution in [0.15, 0.2) is 53.4 Å². The normalized spacial score (nSPS) is 16.7. The average Bonchev–Trinajstić information content (AvgIpc) is 3.02. The van der Waals surface area contributed by atoms with Crippen LogP contribution in [0.4, 0.5) is 10.5 Å².